The molecular weight excluding hydrogens is 443 g/mol. The number of carbonyl (C=O) groups is 1. The quantitative estimate of drug-likeness (QED) is 0.400. The molecule has 8 nitrogen and oxygen atoms in total. The van der Waals surface area contributed by atoms with Crippen LogP contribution in [-0.4, -0.2) is 36.7 Å². The third kappa shape index (κ3) is 3.97. The summed E-state index contributed by atoms with van der Waals surface area (Å²) in [7, 11) is 0. The van der Waals surface area contributed by atoms with Crippen molar-refractivity contribution in [1.82, 2.24) is 25.1 Å². The van der Waals surface area contributed by atoms with Crippen LogP contribution in [0, 0.1) is 0 Å². The summed E-state index contributed by atoms with van der Waals surface area (Å²) in [6.45, 7) is 0. The fourth-order valence-electron chi connectivity index (χ4n) is 3.22. The van der Waals surface area contributed by atoms with Gasteiger partial charge in [0.2, 0.25) is 16.9 Å². The summed E-state index contributed by atoms with van der Waals surface area (Å²) in [5.74, 6) is 5.53. The van der Waals surface area contributed by atoms with E-state index >= 15 is 0 Å². The minimum Gasteiger partial charge on any atom is -0.335 e. The Hall–Kier alpha value is -2.73. The zero-order chi connectivity index (χ0) is 21.5. The highest BCUT2D eigenvalue weighted by Gasteiger charge is 2.34. The summed E-state index contributed by atoms with van der Waals surface area (Å²) in [4.78, 5) is 12.2. The van der Waals surface area contributed by atoms with Crippen LogP contribution < -0.4 is 11.2 Å². The van der Waals surface area contributed by atoms with Crippen molar-refractivity contribution in [2.45, 2.75) is 30.6 Å². The number of amides is 1. The molecule has 2 heterocycles. The first-order chi connectivity index (χ1) is 14.2. The zero-order valence-electron chi connectivity index (χ0n) is 15.3. The molecule has 0 unspecified atom stereocenters. The molecule has 0 radical (unpaired) electrons. The van der Waals surface area contributed by atoms with Crippen LogP contribution in [0.1, 0.15) is 23.2 Å². The number of nitrogens with zero attached hydrogens (tertiary/aromatic N) is 4. The molecule has 0 spiro atoms. The van der Waals surface area contributed by atoms with Crippen molar-refractivity contribution in [2.24, 2.45) is 0 Å². The van der Waals surface area contributed by atoms with Gasteiger partial charge in [-0.15, -0.1) is 10.2 Å². The largest absolute Gasteiger partial charge is 0.418 e. The van der Waals surface area contributed by atoms with Gasteiger partial charge in [-0.1, -0.05) is 23.4 Å². The maximum absolute atomic E-state index is 13.2. The first-order valence-corrected chi connectivity index (χ1v) is 10.2. The summed E-state index contributed by atoms with van der Waals surface area (Å²) in [6.07, 6.45) is -1.87. The summed E-state index contributed by atoms with van der Waals surface area (Å²) >= 11 is 6.59. The first kappa shape index (κ1) is 20.5. The van der Waals surface area contributed by atoms with E-state index in [1.165, 1.54) is 10.7 Å². The van der Waals surface area contributed by atoms with Crippen LogP contribution in [0.5, 0.6) is 0 Å². The van der Waals surface area contributed by atoms with Crippen molar-refractivity contribution in [1.29, 1.82) is 0 Å². The Morgan fingerprint density at radius 3 is 2.90 bits per heavy atom. The van der Waals surface area contributed by atoms with E-state index in [2.05, 4.69) is 25.7 Å². The van der Waals surface area contributed by atoms with Gasteiger partial charge in [-0.2, -0.15) is 18.3 Å². The Balaban J connectivity index is 1.45. The number of nitrogens with one attached hydrogen (secondary N) is 2. The lowest BCUT2D eigenvalue weighted by molar-refractivity contribution is -0.137. The van der Waals surface area contributed by atoms with Gasteiger partial charge in [0.05, 0.1) is 17.0 Å². The van der Waals surface area contributed by atoms with Gasteiger partial charge >= 0.3 is 6.18 Å². The van der Waals surface area contributed by atoms with Crippen LogP contribution in [0.15, 0.2) is 23.4 Å². The number of nitrogen functional groups attached to an aromatic ring is 1. The lowest BCUT2D eigenvalue weighted by Gasteiger charge is -2.14. The molecule has 1 aliphatic rings. The van der Waals surface area contributed by atoms with Gasteiger partial charge in [0.1, 0.15) is 5.69 Å². The summed E-state index contributed by atoms with van der Waals surface area (Å²) < 4.78 is 40.7. The fraction of sp³-hybridized carbons (Fsp3) is 0.294. The van der Waals surface area contributed by atoms with Gasteiger partial charge in [0.15, 0.2) is 0 Å². The maximum atomic E-state index is 13.2. The van der Waals surface area contributed by atoms with Gasteiger partial charge < -0.3 is 11.2 Å². The standard InChI is InChI=1S/C17H15ClF3N7OS/c18-8-4-5-12(10(6-8)17(19,20)21)23-13(29)7-30-16-27-26-15(28(16)22)14-9-2-1-3-11(9)24-25-14/h4-6H,1-3,7,22H2,(H,23,29)(H,24,25). The van der Waals surface area contributed by atoms with Gasteiger partial charge in [-0.05, 0) is 37.5 Å². The van der Waals surface area contributed by atoms with Crippen LogP contribution in [0.4, 0.5) is 18.9 Å². The number of rotatable bonds is 5. The predicted octanol–water partition coefficient (Wildman–Crippen LogP) is 3.27. The van der Waals surface area contributed by atoms with Gasteiger partial charge in [0.25, 0.3) is 0 Å². The number of alkyl halides is 3. The molecule has 0 saturated carbocycles. The molecule has 0 bridgehead atoms. The fourth-order valence-corrected chi connectivity index (χ4v) is 4.05. The minimum absolute atomic E-state index is 0.0803. The van der Waals surface area contributed by atoms with Crippen molar-refractivity contribution in [3.63, 3.8) is 0 Å². The molecule has 1 amide bonds. The normalized spacial score (nSPS) is 13.5. The molecule has 30 heavy (non-hydrogen) atoms. The van der Waals surface area contributed by atoms with E-state index in [4.69, 9.17) is 17.4 Å². The van der Waals surface area contributed by atoms with Gasteiger partial charge in [0, 0.05) is 16.3 Å². The third-order valence-electron chi connectivity index (χ3n) is 4.58. The number of hydrogen-bond donors (Lipinski definition) is 3. The second-order valence-electron chi connectivity index (χ2n) is 6.58. The second kappa shape index (κ2) is 7.84. The van der Waals surface area contributed by atoms with E-state index in [1.807, 2.05) is 0 Å². The number of aryl methyl sites for hydroxylation is 1. The molecule has 2 aromatic heterocycles. The number of anilines is 1. The molecule has 4 N–H and O–H groups in total. The SMILES string of the molecule is Nn1c(SCC(=O)Nc2ccc(Cl)cc2C(F)(F)F)nnc1-c1n[nH]c2c1CCC2. The third-order valence-corrected chi connectivity index (χ3v) is 5.75. The molecule has 0 saturated heterocycles. The van der Waals surface area contributed by atoms with Crippen molar-refractivity contribution >= 4 is 35.0 Å². The summed E-state index contributed by atoms with van der Waals surface area (Å²) in [6, 6.07) is 3.13. The maximum Gasteiger partial charge on any atom is 0.418 e. The molecule has 0 aliphatic heterocycles. The van der Waals surface area contributed by atoms with Crippen molar-refractivity contribution in [2.75, 3.05) is 16.9 Å². The smallest absolute Gasteiger partial charge is 0.335 e. The molecule has 0 fully saturated rings. The Kier molecular flexibility index (Phi) is 5.36. The van der Waals surface area contributed by atoms with Gasteiger partial charge in [-0.25, -0.2) is 4.68 Å². The number of benzene rings is 1. The molecule has 1 aliphatic carbocycles. The number of hydrogen-bond acceptors (Lipinski definition) is 6. The number of carbonyl (C=O) groups excluding carboxylic acids is 1. The predicted molar refractivity (Wildman–Crippen MR) is 106 cm³/mol. The monoisotopic (exact) mass is 457 g/mol. The summed E-state index contributed by atoms with van der Waals surface area (Å²) in [5.41, 5.74) is 1.31. The number of thioether (sulfide) groups is 1. The Labute approximate surface area is 177 Å². The number of aromatic nitrogens is 5. The summed E-state index contributed by atoms with van der Waals surface area (Å²) in [5, 5.41) is 17.6. The van der Waals surface area contributed by atoms with Crippen LogP contribution in [0.3, 0.4) is 0 Å². The average Bonchev–Trinajstić information content (AvgIpc) is 3.37. The average molecular weight is 458 g/mol. The van der Waals surface area contributed by atoms with Crippen LogP contribution in [-0.2, 0) is 23.8 Å². The molecule has 1 aromatic carbocycles. The van der Waals surface area contributed by atoms with Crippen LogP contribution in [0.25, 0.3) is 11.5 Å². The van der Waals surface area contributed by atoms with Gasteiger partial charge in [-0.3, -0.25) is 9.89 Å². The Morgan fingerprint density at radius 2 is 2.13 bits per heavy atom. The molecule has 0 atom stereocenters. The van der Waals surface area contributed by atoms with E-state index in [1.54, 1.807) is 0 Å². The number of H-pyrrole nitrogens is 1. The zero-order valence-corrected chi connectivity index (χ0v) is 16.8. The Bertz CT molecular complexity index is 1110. The lowest BCUT2D eigenvalue weighted by atomic mass is 10.1. The van der Waals surface area contributed by atoms with E-state index in [0.29, 0.717) is 11.5 Å². The number of fused-ring (bicyclic) bond motifs is 1. The molecule has 4 rings (SSSR count). The highest BCUT2D eigenvalue weighted by molar-refractivity contribution is 7.99. The molecule has 13 heteroatoms. The highest BCUT2D eigenvalue weighted by Crippen LogP contribution is 2.36. The van der Waals surface area contributed by atoms with Crippen molar-refractivity contribution in [3.8, 4) is 11.5 Å². The van der Waals surface area contributed by atoms with E-state index < -0.39 is 17.6 Å². The number of nitrogens with two attached hydrogens (primary N) is 1. The first-order valence-electron chi connectivity index (χ1n) is 8.80. The highest BCUT2D eigenvalue weighted by atomic mass is 35.5. The minimum atomic E-state index is -4.66. The molecule has 158 valence electrons. The van der Waals surface area contributed by atoms with E-state index in [-0.39, 0.29) is 21.6 Å². The molecule has 3 aromatic rings. The lowest BCUT2D eigenvalue weighted by Crippen LogP contribution is -2.19. The van der Waals surface area contributed by atoms with Crippen molar-refractivity contribution in [3.05, 3.63) is 40.0 Å². The Morgan fingerprint density at radius 1 is 1.33 bits per heavy atom. The van der Waals surface area contributed by atoms with E-state index in [0.717, 1.165) is 54.4 Å². The van der Waals surface area contributed by atoms with Crippen LogP contribution >= 0.6 is 23.4 Å². The van der Waals surface area contributed by atoms with Crippen LogP contribution in [0.2, 0.25) is 5.02 Å². The number of halogens is 4. The second-order valence-corrected chi connectivity index (χ2v) is 7.96. The van der Waals surface area contributed by atoms with Crippen molar-refractivity contribution < 1.29 is 18.0 Å². The number of aromatic amines is 1. The topological polar surface area (TPSA) is 115 Å². The van der Waals surface area contributed by atoms with E-state index in [9.17, 15) is 18.0 Å². The molecular formula is C17H15ClF3N7OS.